The summed E-state index contributed by atoms with van der Waals surface area (Å²) in [6, 6.07) is 14.0. The Morgan fingerprint density at radius 2 is 1.89 bits per heavy atom. The highest BCUT2D eigenvalue weighted by Crippen LogP contribution is 2.22. The third kappa shape index (κ3) is 4.65. The second-order valence-electron chi connectivity index (χ2n) is 5.82. The molecular formula is C20H14Cl2FN3O2. The molecule has 0 atom stereocenters. The fourth-order valence-corrected chi connectivity index (χ4v) is 2.79. The van der Waals surface area contributed by atoms with Crippen molar-refractivity contribution in [2.75, 3.05) is 0 Å². The SMILES string of the molecule is O=C(N/N=C\c1ccccc1F)c1cccn(Cc2ccc(Cl)c(Cl)c2)c1=O. The van der Waals surface area contributed by atoms with Crippen molar-refractivity contribution < 1.29 is 9.18 Å². The maximum atomic E-state index is 13.5. The number of hydrogen-bond acceptors (Lipinski definition) is 3. The van der Waals surface area contributed by atoms with E-state index >= 15 is 0 Å². The van der Waals surface area contributed by atoms with Crippen LogP contribution in [0.5, 0.6) is 0 Å². The number of amides is 1. The largest absolute Gasteiger partial charge is 0.310 e. The summed E-state index contributed by atoms with van der Waals surface area (Å²) in [5.41, 5.74) is 2.62. The van der Waals surface area contributed by atoms with Crippen LogP contribution in [-0.4, -0.2) is 16.7 Å². The number of nitrogens with one attached hydrogen (secondary N) is 1. The Labute approximate surface area is 170 Å². The van der Waals surface area contributed by atoms with Crippen molar-refractivity contribution in [3.8, 4) is 0 Å². The average Bonchev–Trinajstić information content (AvgIpc) is 2.68. The number of aromatic nitrogens is 1. The van der Waals surface area contributed by atoms with Gasteiger partial charge in [0.15, 0.2) is 0 Å². The highest BCUT2D eigenvalue weighted by Gasteiger charge is 2.12. The summed E-state index contributed by atoms with van der Waals surface area (Å²) in [4.78, 5) is 24.9. The summed E-state index contributed by atoms with van der Waals surface area (Å²) in [5, 5.41) is 4.50. The number of carbonyl (C=O) groups excluding carboxylic acids is 1. The van der Waals surface area contributed by atoms with Gasteiger partial charge in [0.2, 0.25) is 0 Å². The number of hydrazone groups is 1. The fourth-order valence-electron chi connectivity index (χ4n) is 2.47. The molecule has 1 N–H and O–H groups in total. The molecule has 3 aromatic rings. The molecule has 1 amide bonds. The van der Waals surface area contributed by atoms with Gasteiger partial charge in [-0.25, -0.2) is 9.82 Å². The summed E-state index contributed by atoms with van der Waals surface area (Å²) in [5.74, 6) is -1.16. The van der Waals surface area contributed by atoms with Crippen molar-refractivity contribution in [1.29, 1.82) is 0 Å². The fraction of sp³-hybridized carbons (Fsp3) is 0.0500. The predicted octanol–water partition coefficient (Wildman–Crippen LogP) is 4.11. The zero-order chi connectivity index (χ0) is 20.1. The molecular weight excluding hydrogens is 404 g/mol. The first-order chi connectivity index (χ1) is 13.5. The topological polar surface area (TPSA) is 63.5 Å². The highest BCUT2D eigenvalue weighted by molar-refractivity contribution is 6.42. The van der Waals surface area contributed by atoms with E-state index in [1.54, 1.807) is 42.6 Å². The summed E-state index contributed by atoms with van der Waals surface area (Å²) >= 11 is 11.9. The Balaban J connectivity index is 1.76. The Hall–Kier alpha value is -2.96. The minimum absolute atomic E-state index is 0.0896. The Morgan fingerprint density at radius 1 is 1.11 bits per heavy atom. The molecule has 0 aliphatic rings. The van der Waals surface area contributed by atoms with E-state index in [1.807, 2.05) is 0 Å². The van der Waals surface area contributed by atoms with Crippen LogP contribution < -0.4 is 11.0 Å². The molecule has 0 saturated heterocycles. The lowest BCUT2D eigenvalue weighted by Gasteiger charge is -2.08. The van der Waals surface area contributed by atoms with Gasteiger partial charge < -0.3 is 4.57 Å². The summed E-state index contributed by atoms with van der Waals surface area (Å²) in [6.45, 7) is 0.218. The quantitative estimate of drug-likeness (QED) is 0.501. The molecule has 1 aromatic heterocycles. The average molecular weight is 418 g/mol. The molecule has 0 spiro atoms. The molecule has 8 heteroatoms. The highest BCUT2D eigenvalue weighted by atomic mass is 35.5. The van der Waals surface area contributed by atoms with Gasteiger partial charge in [-0.3, -0.25) is 9.59 Å². The van der Waals surface area contributed by atoms with Crippen molar-refractivity contribution >= 4 is 35.3 Å². The second kappa shape index (κ2) is 8.82. The molecule has 0 saturated carbocycles. The van der Waals surface area contributed by atoms with E-state index < -0.39 is 17.3 Å². The molecule has 3 rings (SSSR count). The van der Waals surface area contributed by atoms with Crippen LogP contribution in [0.4, 0.5) is 4.39 Å². The van der Waals surface area contributed by atoms with Crippen LogP contribution in [-0.2, 0) is 6.54 Å². The number of carbonyl (C=O) groups is 1. The molecule has 2 aromatic carbocycles. The van der Waals surface area contributed by atoms with Crippen LogP contribution in [0.3, 0.4) is 0 Å². The van der Waals surface area contributed by atoms with Gasteiger partial charge >= 0.3 is 0 Å². The van der Waals surface area contributed by atoms with Gasteiger partial charge in [0.05, 0.1) is 22.8 Å². The van der Waals surface area contributed by atoms with Gasteiger partial charge in [-0.15, -0.1) is 0 Å². The lowest BCUT2D eigenvalue weighted by Crippen LogP contribution is -2.30. The summed E-state index contributed by atoms with van der Waals surface area (Å²) < 4.78 is 14.9. The van der Waals surface area contributed by atoms with E-state index in [-0.39, 0.29) is 17.7 Å². The monoisotopic (exact) mass is 417 g/mol. The van der Waals surface area contributed by atoms with Crippen LogP contribution in [0, 0.1) is 5.82 Å². The summed E-state index contributed by atoms with van der Waals surface area (Å²) in [7, 11) is 0. The second-order valence-corrected chi connectivity index (χ2v) is 6.64. The number of halogens is 3. The number of pyridine rings is 1. The maximum Gasteiger partial charge on any atom is 0.276 e. The smallest absolute Gasteiger partial charge is 0.276 e. The number of hydrogen-bond donors (Lipinski definition) is 1. The molecule has 0 aliphatic heterocycles. The van der Waals surface area contributed by atoms with Gasteiger partial charge in [-0.2, -0.15) is 5.10 Å². The van der Waals surface area contributed by atoms with Gasteiger partial charge in [0.1, 0.15) is 11.4 Å². The van der Waals surface area contributed by atoms with Crippen molar-refractivity contribution in [2.24, 2.45) is 5.10 Å². The van der Waals surface area contributed by atoms with Crippen LogP contribution in [0.25, 0.3) is 0 Å². The third-order valence-corrected chi connectivity index (χ3v) is 4.62. The van der Waals surface area contributed by atoms with E-state index in [0.717, 1.165) is 5.56 Å². The molecule has 1 heterocycles. The number of rotatable bonds is 5. The maximum absolute atomic E-state index is 13.5. The van der Waals surface area contributed by atoms with Crippen molar-refractivity contribution in [2.45, 2.75) is 6.54 Å². The molecule has 142 valence electrons. The first-order valence-corrected chi connectivity index (χ1v) is 8.92. The van der Waals surface area contributed by atoms with E-state index in [0.29, 0.717) is 10.0 Å². The minimum Gasteiger partial charge on any atom is -0.310 e. The van der Waals surface area contributed by atoms with Crippen LogP contribution in [0.2, 0.25) is 10.0 Å². The molecule has 0 unspecified atom stereocenters. The zero-order valence-corrected chi connectivity index (χ0v) is 15.9. The first-order valence-electron chi connectivity index (χ1n) is 8.17. The van der Waals surface area contributed by atoms with Crippen molar-refractivity contribution in [3.63, 3.8) is 0 Å². The molecule has 0 radical (unpaired) electrons. The molecule has 28 heavy (non-hydrogen) atoms. The van der Waals surface area contributed by atoms with Gasteiger partial charge in [-0.1, -0.05) is 47.5 Å². The molecule has 0 fully saturated rings. The predicted molar refractivity (Wildman–Crippen MR) is 108 cm³/mol. The molecule has 0 aliphatic carbocycles. The Kier molecular flexibility index (Phi) is 6.23. The Bertz CT molecular complexity index is 1110. The summed E-state index contributed by atoms with van der Waals surface area (Å²) in [6.07, 6.45) is 2.73. The van der Waals surface area contributed by atoms with E-state index in [2.05, 4.69) is 10.5 Å². The lowest BCUT2D eigenvalue weighted by molar-refractivity contribution is 0.0953. The Morgan fingerprint density at radius 3 is 2.64 bits per heavy atom. The standard InChI is InChI=1S/C20H14Cl2FN3O2/c21-16-8-7-13(10-17(16)22)12-26-9-3-5-15(20(26)28)19(27)25-24-11-14-4-1-2-6-18(14)23/h1-11H,12H2,(H,25,27)/b24-11-. The normalized spacial score (nSPS) is 11.0. The van der Waals surface area contributed by atoms with Crippen LogP contribution in [0.15, 0.2) is 70.7 Å². The van der Waals surface area contributed by atoms with Crippen molar-refractivity contribution in [1.82, 2.24) is 9.99 Å². The van der Waals surface area contributed by atoms with Crippen LogP contribution in [0.1, 0.15) is 21.5 Å². The minimum atomic E-state index is -0.693. The van der Waals surface area contributed by atoms with Crippen LogP contribution >= 0.6 is 23.2 Å². The van der Waals surface area contributed by atoms with E-state index in [1.165, 1.54) is 29.0 Å². The lowest BCUT2D eigenvalue weighted by atomic mass is 10.2. The zero-order valence-electron chi connectivity index (χ0n) is 14.4. The van der Waals surface area contributed by atoms with E-state index in [9.17, 15) is 14.0 Å². The molecule has 5 nitrogen and oxygen atoms in total. The van der Waals surface area contributed by atoms with Gasteiger partial charge in [0, 0.05) is 11.8 Å². The van der Waals surface area contributed by atoms with Gasteiger partial charge in [-0.05, 0) is 35.9 Å². The number of benzene rings is 2. The van der Waals surface area contributed by atoms with E-state index in [4.69, 9.17) is 23.2 Å². The molecule has 0 bridgehead atoms. The third-order valence-electron chi connectivity index (χ3n) is 3.88. The number of nitrogens with zero attached hydrogens (tertiary/aromatic N) is 2. The van der Waals surface area contributed by atoms with Gasteiger partial charge in [0.25, 0.3) is 11.5 Å². The van der Waals surface area contributed by atoms with Crippen molar-refractivity contribution in [3.05, 3.63) is 104 Å². The first kappa shape index (κ1) is 19.8.